The lowest BCUT2D eigenvalue weighted by Gasteiger charge is -2.32. The van der Waals surface area contributed by atoms with E-state index in [1.165, 1.54) is 0 Å². The van der Waals surface area contributed by atoms with Crippen LogP contribution in [0.5, 0.6) is 5.75 Å². The quantitative estimate of drug-likeness (QED) is 0.930. The summed E-state index contributed by atoms with van der Waals surface area (Å²) in [5.74, 6) is 0.629. The fourth-order valence-electron chi connectivity index (χ4n) is 2.63. The van der Waals surface area contributed by atoms with Crippen molar-refractivity contribution in [2.75, 3.05) is 0 Å². The largest absolute Gasteiger partial charge is 0.464 e. The van der Waals surface area contributed by atoms with Gasteiger partial charge < -0.3 is 14.6 Å². The van der Waals surface area contributed by atoms with E-state index in [4.69, 9.17) is 4.74 Å². The van der Waals surface area contributed by atoms with Crippen molar-refractivity contribution in [1.29, 1.82) is 0 Å². The summed E-state index contributed by atoms with van der Waals surface area (Å²) < 4.78 is 7.54. The molecule has 2 heterocycles. The molecular formula is C20H23N3O2. The normalized spacial score (nSPS) is 14.8. The standard InChI is InChI=1S/C20H23N3O2/c1-20(2,3)18(13-23-10-9-21-14-23)22-19(24)16-8-11-25-17-7-5-4-6-15(17)12-16/h4-12,14,18H,13H2,1-3H3,(H,22,24)/t18-/m1/s1. The lowest BCUT2D eigenvalue weighted by Crippen LogP contribution is -2.46. The molecule has 1 atom stereocenters. The molecule has 130 valence electrons. The third-order valence-corrected chi connectivity index (χ3v) is 4.24. The Kier molecular flexibility index (Phi) is 4.74. The van der Waals surface area contributed by atoms with Gasteiger partial charge in [0.2, 0.25) is 0 Å². The lowest BCUT2D eigenvalue weighted by atomic mass is 9.86. The highest BCUT2D eigenvalue weighted by atomic mass is 16.5. The Morgan fingerprint density at radius 1 is 1.32 bits per heavy atom. The summed E-state index contributed by atoms with van der Waals surface area (Å²) in [6.07, 6.45) is 10.5. The zero-order chi connectivity index (χ0) is 17.9. The summed E-state index contributed by atoms with van der Waals surface area (Å²) in [5, 5.41) is 3.16. The number of benzene rings is 1. The van der Waals surface area contributed by atoms with Crippen LogP contribution in [0.15, 0.2) is 60.9 Å². The molecule has 0 bridgehead atoms. The number of rotatable bonds is 4. The first-order valence-corrected chi connectivity index (χ1v) is 8.34. The molecule has 0 unspecified atom stereocenters. The molecule has 25 heavy (non-hydrogen) atoms. The number of nitrogens with one attached hydrogen (secondary N) is 1. The first-order chi connectivity index (χ1) is 11.9. The lowest BCUT2D eigenvalue weighted by molar-refractivity contribution is -0.118. The number of hydrogen-bond acceptors (Lipinski definition) is 3. The summed E-state index contributed by atoms with van der Waals surface area (Å²) >= 11 is 0. The summed E-state index contributed by atoms with van der Waals surface area (Å²) in [4.78, 5) is 16.9. The molecule has 2 aromatic rings. The molecule has 1 aromatic heterocycles. The minimum absolute atomic E-state index is 0.0390. The van der Waals surface area contributed by atoms with E-state index in [2.05, 4.69) is 31.1 Å². The summed E-state index contributed by atoms with van der Waals surface area (Å²) in [7, 11) is 0. The molecule has 0 radical (unpaired) electrons. The molecule has 5 heteroatoms. The molecule has 0 fully saturated rings. The van der Waals surface area contributed by atoms with Gasteiger partial charge in [-0.3, -0.25) is 4.79 Å². The summed E-state index contributed by atoms with van der Waals surface area (Å²) in [6.45, 7) is 7.01. The van der Waals surface area contributed by atoms with Crippen LogP contribution >= 0.6 is 0 Å². The molecule has 1 aromatic carbocycles. The molecule has 3 rings (SSSR count). The predicted molar refractivity (Wildman–Crippen MR) is 97.8 cm³/mol. The summed E-state index contributed by atoms with van der Waals surface area (Å²) in [5.41, 5.74) is 1.37. The number of para-hydroxylation sites is 1. The van der Waals surface area contributed by atoms with E-state index in [0.29, 0.717) is 12.1 Å². The second kappa shape index (κ2) is 6.97. The second-order valence-corrected chi connectivity index (χ2v) is 7.21. The van der Waals surface area contributed by atoms with Gasteiger partial charge in [0, 0.05) is 30.1 Å². The highest BCUT2D eigenvalue weighted by Crippen LogP contribution is 2.25. The Bertz CT molecular complexity index is 799. The van der Waals surface area contributed by atoms with Crippen molar-refractivity contribution >= 4 is 12.0 Å². The molecule has 0 saturated heterocycles. The van der Waals surface area contributed by atoms with Crippen molar-refractivity contribution in [3.8, 4) is 5.75 Å². The topological polar surface area (TPSA) is 56.2 Å². The maximum absolute atomic E-state index is 12.8. The first-order valence-electron chi connectivity index (χ1n) is 8.34. The maximum Gasteiger partial charge on any atom is 0.251 e. The molecule has 0 saturated carbocycles. The van der Waals surface area contributed by atoms with Gasteiger partial charge in [-0.1, -0.05) is 39.0 Å². The Balaban J connectivity index is 1.80. The van der Waals surface area contributed by atoms with Gasteiger partial charge in [-0.05, 0) is 23.6 Å². The van der Waals surface area contributed by atoms with Crippen LogP contribution in [0.25, 0.3) is 6.08 Å². The highest BCUT2D eigenvalue weighted by molar-refractivity contribution is 6.01. The number of hydrogen-bond donors (Lipinski definition) is 1. The number of carbonyl (C=O) groups is 1. The monoisotopic (exact) mass is 337 g/mol. The molecule has 1 aliphatic heterocycles. The zero-order valence-corrected chi connectivity index (χ0v) is 14.8. The maximum atomic E-state index is 12.8. The number of amides is 1. The molecule has 1 N–H and O–H groups in total. The zero-order valence-electron chi connectivity index (χ0n) is 14.8. The van der Waals surface area contributed by atoms with Crippen molar-refractivity contribution in [2.45, 2.75) is 33.4 Å². The smallest absolute Gasteiger partial charge is 0.251 e. The van der Waals surface area contributed by atoms with E-state index in [1.54, 1.807) is 24.9 Å². The third-order valence-electron chi connectivity index (χ3n) is 4.24. The Hall–Kier alpha value is -2.82. The number of fused-ring (bicyclic) bond motifs is 1. The van der Waals surface area contributed by atoms with Gasteiger partial charge in [-0.15, -0.1) is 0 Å². The Labute approximate surface area is 148 Å². The van der Waals surface area contributed by atoms with Gasteiger partial charge in [-0.25, -0.2) is 4.98 Å². The van der Waals surface area contributed by atoms with Gasteiger partial charge in [0.05, 0.1) is 18.6 Å². The van der Waals surface area contributed by atoms with Crippen molar-refractivity contribution in [2.24, 2.45) is 5.41 Å². The van der Waals surface area contributed by atoms with E-state index >= 15 is 0 Å². The molecular weight excluding hydrogens is 314 g/mol. The SMILES string of the molecule is CC(C)(C)[C@@H](Cn1ccnc1)NC(=O)C1=Cc2ccccc2OC=C1. The average Bonchev–Trinajstić information content (AvgIpc) is 2.97. The Morgan fingerprint density at radius 3 is 2.84 bits per heavy atom. The molecule has 0 aliphatic carbocycles. The number of imidazole rings is 1. The fourth-order valence-corrected chi connectivity index (χ4v) is 2.63. The minimum Gasteiger partial charge on any atom is -0.464 e. The number of ether oxygens (including phenoxy) is 1. The van der Waals surface area contributed by atoms with Crippen LogP contribution in [0.4, 0.5) is 0 Å². The van der Waals surface area contributed by atoms with Crippen molar-refractivity contribution in [3.63, 3.8) is 0 Å². The van der Waals surface area contributed by atoms with E-state index in [0.717, 1.165) is 11.3 Å². The first kappa shape index (κ1) is 17.0. The van der Waals surface area contributed by atoms with E-state index in [9.17, 15) is 4.79 Å². The van der Waals surface area contributed by atoms with Gasteiger partial charge in [0.1, 0.15) is 5.75 Å². The van der Waals surface area contributed by atoms with E-state index in [-0.39, 0.29) is 17.4 Å². The molecule has 1 amide bonds. The number of nitrogens with zero attached hydrogens (tertiary/aromatic N) is 2. The van der Waals surface area contributed by atoms with Crippen molar-refractivity contribution in [1.82, 2.24) is 14.9 Å². The second-order valence-electron chi connectivity index (χ2n) is 7.21. The van der Waals surface area contributed by atoms with Crippen LogP contribution < -0.4 is 10.1 Å². The van der Waals surface area contributed by atoms with Crippen LogP contribution in [-0.2, 0) is 11.3 Å². The molecule has 0 spiro atoms. The summed E-state index contributed by atoms with van der Waals surface area (Å²) in [6, 6.07) is 7.61. The minimum atomic E-state index is -0.114. The predicted octanol–water partition coefficient (Wildman–Crippen LogP) is 3.40. The van der Waals surface area contributed by atoms with Crippen LogP contribution in [0.1, 0.15) is 26.3 Å². The number of aromatic nitrogens is 2. The number of carbonyl (C=O) groups excluding carboxylic acids is 1. The van der Waals surface area contributed by atoms with Crippen LogP contribution in [0, 0.1) is 5.41 Å². The van der Waals surface area contributed by atoms with Crippen LogP contribution in [0.3, 0.4) is 0 Å². The van der Waals surface area contributed by atoms with Crippen LogP contribution in [0.2, 0.25) is 0 Å². The van der Waals surface area contributed by atoms with Gasteiger partial charge in [0.25, 0.3) is 5.91 Å². The van der Waals surface area contributed by atoms with Crippen LogP contribution in [-0.4, -0.2) is 21.5 Å². The van der Waals surface area contributed by atoms with Crippen molar-refractivity contribution < 1.29 is 9.53 Å². The van der Waals surface area contributed by atoms with Gasteiger partial charge in [0.15, 0.2) is 0 Å². The molecule has 1 aliphatic rings. The highest BCUT2D eigenvalue weighted by Gasteiger charge is 2.27. The fraction of sp³-hybridized carbons (Fsp3) is 0.300. The molecule has 5 nitrogen and oxygen atoms in total. The third kappa shape index (κ3) is 4.18. The van der Waals surface area contributed by atoms with Crippen molar-refractivity contribution in [3.05, 3.63) is 66.5 Å². The Morgan fingerprint density at radius 2 is 2.12 bits per heavy atom. The average molecular weight is 337 g/mol. The van der Waals surface area contributed by atoms with Gasteiger partial charge >= 0.3 is 0 Å². The van der Waals surface area contributed by atoms with E-state index < -0.39 is 0 Å². The van der Waals surface area contributed by atoms with E-state index in [1.807, 2.05) is 41.1 Å². The van der Waals surface area contributed by atoms with Gasteiger partial charge in [-0.2, -0.15) is 0 Å².